The Morgan fingerprint density at radius 1 is 1.45 bits per heavy atom. The summed E-state index contributed by atoms with van der Waals surface area (Å²) in [5, 5.41) is 0. The average molecular weight is 183 g/mol. The normalized spacial score (nSPS) is 13.5. The molecule has 0 amide bonds. The minimum Gasteiger partial charge on any atom is -0.329 e. The second kappa shape index (κ2) is 3.49. The van der Waals surface area contributed by atoms with Crippen LogP contribution in [0.3, 0.4) is 0 Å². The third-order valence-corrected chi connectivity index (χ3v) is 2.98. The Hall–Kier alpha value is -0.160. The number of sulfone groups is 1. The summed E-state index contributed by atoms with van der Waals surface area (Å²) in [7, 11) is -3.29. The molecule has 0 aliphatic carbocycles. The number of halogens is 1. The van der Waals surface area contributed by atoms with Gasteiger partial charge in [-0.05, 0) is 13.8 Å². The van der Waals surface area contributed by atoms with Crippen LogP contribution in [0.2, 0.25) is 0 Å². The summed E-state index contributed by atoms with van der Waals surface area (Å²) >= 11 is 0. The van der Waals surface area contributed by atoms with Crippen LogP contribution in [0.25, 0.3) is 0 Å². The molecule has 0 saturated carbocycles. The summed E-state index contributed by atoms with van der Waals surface area (Å²) in [6.07, 6.45) is 0. The smallest absolute Gasteiger partial charge is 0.154 e. The van der Waals surface area contributed by atoms with Gasteiger partial charge in [-0.25, -0.2) is 12.8 Å². The van der Waals surface area contributed by atoms with Crippen LogP contribution in [0.15, 0.2) is 0 Å². The largest absolute Gasteiger partial charge is 0.329 e. The molecule has 0 atom stereocenters. The van der Waals surface area contributed by atoms with Crippen LogP contribution in [0.4, 0.5) is 4.39 Å². The predicted octanol–water partition coefficient (Wildman–Crippen LogP) is 0.108. The topological polar surface area (TPSA) is 60.2 Å². The van der Waals surface area contributed by atoms with E-state index in [-0.39, 0.29) is 12.3 Å². The first-order chi connectivity index (χ1) is 4.77. The van der Waals surface area contributed by atoms with Gasteiger partial charge in [0.25, 0.3) is 0 Å². The standard InChI is InChI=1S/C6H14FNO2S/c1-6(2,7)5-11(9,10)4-3-8/h3-5,8H2,1-2H3. The van der Waals surface area contributed by atoms with Crippen LogP contribution in [-0.2, 0) is 9.84 Å². The zero-order valence-corrected chi connectivity index (χ0v) is 7.62. The van der Waals surface area contributed by atoms with E-state index in [0.717, 1.165) is 0 Å². The Morgan fingerprint density at radius 3 is 2.18 bits per heavy atom. The number of alkyl halides is 1. The van der Waals surface area contributed by atoms with E-state index in [9.17, 15) is 12.8 Å². The summed E-state index contributed by atoms with van der Waals surface area (Å²) in [5.74, 6) is -0.586. The maximum absolute atomic E-state index is 12.8. The van der Waals surface area contributed by atoms with Crippen molar-refractivity contribution in [1.29, 1.82) is 0 Å². The molecule has 0 saturated heterocycles. The lowest BCUT2D eigenvalue weighted by Gasteiger charge is -2.13. The average Bonchev–Trinajstić information content (AvgIpc) is 1.55. The Bertz CT molecular complexity index is 205. The van der Waals surface area contributed by atoms with Gasteiger partial charge in [-0.3, -0.25) is 0 Å². The van der Waals surface area contributed by atoms with Gasteiger partial charge in [-0.2, -0.15) is 0 Å². The van der Waals surface area contributed by atoms with Gasteiger partial charge in [-0.15, -0.1) is 0 Å². The van der Waals surface area contributed by atoms with E-state index < -0.39 is 21.3 Å². The highest BCUT2D eigenvalue weighted by Gasteiger charge is 2.24. The highest BCUT2D eigenvalue weighted by atomic mass is 32.2. The van der Waals surface area contributed by atoms with Crippen LogP contribution in [0, 0.1) is 0 Å². The van der Waals surface area contributed by atoms with Crippen molar-refractivity contribution in [2.75, 3.05) is 18.1 Å². The SMILES string of the molecule is CC(C)(F)CS(=O)(=O)CCN. The Morgan fingerprint density at radius 2 is 1.91 bits per heavy atom. The summed E-state index contributed by atoms with van der Waals surface area (Å²) in [6, 6.07) is 0. The zero-order chi connectivity index (χ0) is 9.12. The van der Waals surface area contributed by atoms with Crippen molar-refractivity contribution in [3.05, 3.63) is 0 Å². The fourth-order valence-corrected chi connectivity index (χ4v) is 2.32. The first kappa shape index (κ1) is 10.8. The highest BCUT2D eigenvalue weighted by Crippen LogP contribution is 2.11. The third-order valence-electron chi connectivity index (χ3n) is 0.992. The van der Waals surface area contributed by atoms with Crippen molar-refractivity contribution in [3.8, 4) is 0 Å². The third kappa shape index (κ3) is 6.25. The number of hydrogen-bond donors (Lipinski definition) is 1. The van der Waals surface area contributed by atoms with Gasteiger partial charge < -0.3 is 5.73 Å². The van der Waals surface area contributed by atoms with Gasteiger partial charge in [0.15, 0.2) is 9.84 Å². The second-order valence-corrected chi connectivity index (χ2v) is 5.28. The molecule has 0 aliphatic rings. The summed E-state index contributed by atoms with van der Waals surface area (Å²) in [4.78, 5) is 0. The van der Waals surface area contributed by atoms with E-state index >= 15 is 0 Å². The highest BCUT2D eigenvalue weighted by molar-refractivity contribution is 7.91. The monoisotopic (exact) mass is 183 g/mol. The van der Waals surface area contributed by atoms with Gasteiger partial charge in [0, 0.05) is 6.54 Å². The number of rotatable bonds is 4. The van der Waals surface area contributed by atoms with Crippen molar-refractivity contribution in [2.24, 2.45) is 5.73 Å². The van der Waals surface area contributed by atoms with Crippen LogP contribution < -0.4 is 5.73 Å². The molecule has 11 heavy (non-hydrogen) atoms. The maximum Gasteiger partial charge on any atom is 0.154 e. The van der Waals surface area contributed by atoms with Gasteiger partial charge in [-0.1, -0.05) is 0 Å². The van der Waals surface area contributed by atoms with E-state index in [1.807, 2.05) is 0 Å². The van der Waals surface area contributed by atoms with Crippen molar-refractivity contribution in [1.82, 2.24) is 0 Å². The summed E-state index contributed by atoms with van der Waals surface area (Å²) in [5.41, 5.74) is 3.37. The Kier molecular flexibility index (Phi) is 3.44. The fraction of sp³-hybridized carbons (Fsp3) is 1.00. The molecule has 0 spiro atoms. The quantitative estimate of drug-likeness (QED) is 0.673. The summed E-state index contributed by atoms with van der Waals surface area (Å²) in [6.45, 7) is 2.53. The fourth-order valence-electron chi connectivity index (χ4n) is 0.775. The molecule has 0 fully saturated rings. The minimum atomic E-state index is -3.29. The molecule has 0 unspecified atom stereocenters. The lowest BCUT2D eigenvalue weighted by atomic mass is 10.2. The summed E-state index contributed by atoms with van der Waals surface area (Å²) < 4.78 is 34.6. The van der Waals surface area contributed by atoms with E-state index in [2.05, 4.69) is 0 Å². The minimum absolute atomic E-state index is 0.0540. The van der Waals surface area contributed by atoms with Gasteiger partial charge in [0.1, 0.15) is 5.67 Å². The number of hydrogen-bond acceptors (Lipinski definition) is 3. The number of nitrogens with two attached hydrogens (primary N) is 1. The molecule has 2 N–H and O–H groups in total. The first-order valence-electron chi connectivity index (χ1n) is 3.36. The van der Waals surface area contributed by atoms with Crippen LogP contribution in [0.1, 0.15) is 13.8 Å². The van der Waals surface area contributed by atoms with Crippen molar-refractivity contribution in [2.45, 2.75) is 19.5 Å². The molecule has 0 heterocycles. The van der Waals surface area contributed by atoms with Crippen LogP contribution in [0.5, 0.6) is 0 Å². The molecule has 68 valence electrons. The second-order valence-electron chi connectivity index (χ2n) is 3.10. The molecule has 0 rings (SSSR count). The van der Waals surface area contributed by atoms with Crippen LogP contribution >= 0.6 is 0 Å². The molecule has 0 aromatic rings. The van der Waals surface area contributed by atoms with E-state index in [0.29, 0.717) is 0 Å². The van der Waals surface area contributed by atoms with E-state index in [1.165, 1.54) is 13.8 Å². The molecule has 0 radical (unpaired) electrons. The van der Waals surface area contributed by atoms with Crippen molar-refractivity contribution < 1.29 is 12.8 Å². The van der Waals surface area contributed by atoms with Crippen molar-refractivity contribution >= 4 is 9.84 Å². The lowest BCUT2D eigenvalue weighted by molar-refractivity contribution is 0.249. The zero-order valence-electron chi connectivity index (χ0n) is 6.80. The molecule has 0 aromatic heterocycles. The van der Waals surface area contributed by atoms with E-state index in [4.69, 9.17) is 5.73 Å². The lowest BCUT2D eigenvalue weighted by Crippen LogP contribution is -2.29. The predicted molar refractivity (Wildman–Crippen MR) is 42.9 cm³/mol. The van der Waals surface area contributed by atoms with E-state index in [1.54, 1.807) is 0 Å². The van der Waals surface area contributed by atoms with Gasteiger partial charge in [0.2, 0.25) is 0 Å². The molecule has 5 heteroatoms. The molecular formula is C6H14FNO2S. The molecule has 0 aliphatic heterocycles. The Balaban J connectivity index is 4.15. The molecular weight excluding hydrogens is 169 g/mol. The van der Waals surface area contributed by atoms with Gasteiger partial charge in [0.05, 0.1) is 11.5 Å². The molecule has 3 nitrogen and oxygen atoms in total. The molecule has 0 aromatic carbocycles. The first-order valence-corrected chi connectivity index (χ1v) is 5.18. The van der Waals surface area contributed by atoms with Crippen molar-refractivity contribution in [3.63, 3.8) is 0 Å². The Labute approximate surface area is 66.7 Å². The van der Waals surface area contributed by atoms with Crippen LogP contribution in [-0.4, -0.2) is 32.1 Å². The molecule has 0 bridgehead atoms. The maximum atomic E-state index is 12.8. The van der Waals surface area contributed by atoms with Gasteiger partial charge >= 0.3 is 0 Å².